The van der Waals surface area contributed by atoms with E-state index in [1.165, 1.54) is 12.1 Å². The molecule has 0 unspecified atom stereocenters. The Kier molecular flexibility index (Phi) is 7.37. The van der Waals surface area contributed by atoms with Crippen molar-refractivity contribution >= 4 is 5.91 Å². The zero-order valence-electron chi connectivity index (χ0n) is 17.1. The number of piperidine rings is 1. The Morgan fingerprint density at radius 2 is 1.70 bits per heavy atom. The molecule has 0 bridgehead atoms. The van der Waals surface area contributed by atoms with Gasteiger partial charge in [-0.2, -0.15) is 0 Å². The first-order chi connectivity index (χ1) is 14.4. The lowest BCUT2D eigenvalue weighted by molar-refractivity contribution is -0.274. The van der Waals surface area contributed by atoms with Gasteiger partial charge in [0, 0.05) is 31.2 Å². The van der Waals surface area contributed by atoms with E-state index in [2.05, 4.69) is 16.6 Å². The van der Waals surface area contributed by atoms with Crippen molar-refractivity contribution in [1.29, 1.82) is 0 Å². The minimum Gasteiger partial charge on any atom is -0.406 e. The fourth-order valence-corrected chi connectivity index (χ4v) is 3.91. The van der Waals surface area contributed by atoms with Crippen LogP contribution < -0.4 is 4.74 Å². The van der Waals surface area contributed by atoms with Gasteiger partial charge in [0.1, 0.15) is 5.75 Å². The third-order valence-corrected chi connectivity index (χ3v) is 5.34. The Labute approximate surface area is 175 Å². The minimum atomic E-state index is -4.68. The highest BCUT2D eigenvalue weighted by Crippen LogP contribution is 2.25. The first-order valence-corrected chi connectivity index (χ1v) is 10.3. The van der Waals surface area contributed by atoms with E-state index < -0.39 is 6.36 Å². The van der Waals surface area contributed by atoms with Gasteiger partial charge in [-0.1, -0.05) is 37.3 Å². The first-order valence-electron chi connectivity index (χ1n) is 10.3. The predicted octanol–water partition coefficient (Wildman–Crippen LogP) is 5.10. The van der Waals surface area contributed by atoms with Crippen LogP contribution in [0.5, 0.6) is 5.75 Å². The van der Waals surface area contributed by atoms with Crippen LogP contribution in [0.2, 0.25) is 0 Å². The number of rotatable bonds is 7. The fourth-order valence-electron chi connectivity index (χ4n) is 3.91. The molecule has 0 atom stereocenters. The summed E-state index contributed by atoms with van der Waals surface area (Å²) in [5, 5.41) is 0. The minimum absolute atomic E-state index is 0.0661. The molecule has 1 heterocycles. The standard InChI is InChI=1S/C23H27F3N2O2/c1-2-14-28(17-18-8-10-21(11-9-18)30-23(24,25)26)20-12-15-27(16-13-20)22(29)19-6-4-3-5-7-19/h3-11,20H,2,12-17H2,1H3. The lowest BCUT2D eigenvalue weighted by atomic mass is 10.0. The molecule has 2 aromatic carbocycles. The summed E-state index contributed by atoms with van der Waals surface area (Å²) in [7, 11) is 0. The third-order valence-electron chi connectivity index (χ3n) is 5.34. The molecule has 3 rings (SSSR count). The second kappa shape index (κ2) is 9.98. The Hall–Kier alpha value is -2.54. The Balaban J connectivity index is 1.57. The topological polar surface area (TPSA) is 32.8 Å². The van der Waals surface area contributed by atoms with E-state index in [1.807, 2.05) is 35.2 Å². The van der Waals surface area contributed by atoms with Crippen LogP contribution in [0.15, 0.2) is 54.6 Å². The van der Waals surface area contributed by atoms with Crippen molar-refractivity contribution in [2.45, 2.75) is 45.1 Å². The van der Waals surface area contributed by atoms with E-state index in [-0.39, 0.29) is 11.7 Å². The molecule has 0 aliphatic carbocycles. The molecule has 0 N–H and O–H groups in total. The molecule has 0 radical (unpaired) electrons. The lowest BCUT2D eigenvalue weighted by Gasteiger charge is -2.38. The molecule has 2 aromatic rings. The number of carbonyl (C=O) groups excluding carboxylic acids is 1. The highest BCUT2D eigenvalue weighted by atomic mass is 19.4. The maximum absolute atomic E-state index is 12.6. The van der Waals surface area contributed by atoms with E-state index in [0.29, 0.717) is 31.2 Å². The summed E-state index contributed by atoms with van der Waals surface area (Å²) in [6.07, 6.45) is -1.93. The van der Waals surface area contributed by atoms with Crippen LogP contribution in [0.25, 0.3) is 0 Å². The van der Waals surface area contributed by atoms with E-state index in [9.17, 15) is 18.0 Å². The van der Waals surface area contributed by atoms with Gasteiger partial charge in [0.25, 0.3) is 5.91 Å². The van der Waals surface area contributed by atoms with Crippen LogP contribution in [0, 0.1) is 0 Å². The number of ether oxygens (including phenoxy) is 1. The molecule has 1 aliphatic heterocycles. The van der Waals surface area contributed by atoms with Crippen molar-refractivity contribution < 1.29 is 22.7 Å². The zero-order valence-corrected chi connectivity index (χ0v) is 17.1. The number of hydrogen-bond acceptors (Lipinski definition) is 3. The van der Waals surface area contributed by atoms with Crippen LogP contribution in [-0.4, -0.2) is 47.7 Å². The van der Waals surface area contributed by atoms with Gasteiger partial charge in [-0.15, -0.1) is 13.2 Å². The van der Waals surface area contributed by atoms with Gasteiger partial charge in [0.2, 0.25) is 0 Å². The third kappa shape index (κ3) is 6.23. The van der Waals surface area contributed by atoms with Gasteiger partial charge in [0.15, 0.2) is 0 Å². The summed E-state index contributed by atoms with van der Waals surface area (Å²) in [5.74, 6) is -0.141. The normalized spacial score (nSPS) is 15.4. The van der Waals surface area contributed by atoms with Crippen LogP contribution in [0.1, 0.15) is 42.1 Å². The average Bonchev–Trinajstić information content (AvgIpc) is 2.74. The molecule has 30 heavy (non-hydrogen) atoms. The summed E-state index contributed by atoms with van der Waals surface area (Å²) in [6.45, 7) is 5.09. The van der Waals surface area contributed by atoms with Crippen LogP contribution in [0.4, 0.5) is 13.2 Å². The van der Waals surface area contributed by atoms with Gasteiger partial charge in [-0.05, 0) is 55.6 Å². The molecular formula is C23H27F3N2O2. The zero-order chi connectivity index (χ0) is 21.6. The van der Waals surface area contributed by atoms with E-state index in [1.54, 1.807) is 12.1 Å². The van der Waals surface area contributed by atoms with E-state index in [4.69, 9.17) is 0 Å². The van der Waals surface area contributed by atoms with Crippen molar-refractivity contribution in [3.05, 3.63) is 65.7 Å². The Morgan fingerprint density at radius 1 is 1.07 bits per heavy atom. The molecule has 4 nitrogen and oxygen atoms in total. The van der Waals surface area contributed by atoms with Gasteiger partial charge >= 0.3 is 6.36 Å². The Morgan fingerprint density at radius 3 is 2.27 bits per heavy atom. The van der Waals surface area contributed by atoms with Crippen LogP contribution in [0.3, 0.4) is 0 Å². The summed E-state index contributed by atoms with van der Waals surface area (Å²) in [4.78, 5) is 16.9. The second-order valence-corrected chi connectivity index (χ2v) is 7.55. The number of halogens is 3. The smallest absolute Gasteiger partial charge is 0.406 e. The maximum Gasteiger partial charge on any atom is 0.573 e. The number of carbonyl (C=O) groups is 1. The van der Waals surface area contributed by atoms with Crippen molar-refractivity contribution in [1.82, 2.24) is 9.80 Å². The monoisotopic (exact) mass is 420 g/mol. The van der Waals surface area contributed by atoms with E-state index >= 15 is 0 Å². The number of alkyl halides is 3. The second-order valence-electron chi connectivity index (χ2n) is 7.55. The van der Waals surface area contributed by atoms with Crippen molar-refractivity contribution in [3.63, 3.8) is 0 Å². The van der Waals surface area contributed by atoms with Crippen molar-refractivity contribution in [2.24, 2.45) is 0 Å². The number of amides is 1. The molecule has 1 aliphatic rings. The summed E-state index contributed by atoms with van der Waals surface area (Å²) >= 11 is 0. The quantitative estimate of drug-likeness (QED) is 0.625. The van der Waals surface area contributed by atoms with E-state index in [0.717, 1.165) is 31.4 Å². The highest BCUT2D eigenvalue weighted by molar-refractivity contribution is 5.94. The Bertz CT molecular complexity index is 801. The number of hydrogen-bond donors (Lipinski definition) is 0. The first kappa shape index (κ1) is 22.2. The molecular weight excluding hydrogens is 393 g/mol. The molecule has 1 saturated heterocycles. The predicted molar refractivity (Wildman–Crippen MR) is 109 cm³/mol. The molecule has 1 fully saturated rings. The average molecular weight is 420 g/mol. The van der Waals surface area contributed by atoms with Crippen molar-refractivity contribution in [2.75, 3.05) is 19.6 Å². The summed E-state index contributed by atoms with van der Waals surface area (Å²) in [5.41, 5.74) is 1.66. The molecule has 0 spiro atoms. The largest absolute Gasteiger partial charge is 0.573 e. The SMILES string of the molecule is CCCN(Cc1ccc(OC(F)(F)F)cc1)C1CCN(C(=O)c2ccccc2)CC1. The lowest BCUT2D eigenvalue weighted by Crippen LogP contribution is -2.46. The molecule has 1 amide bonds. The van der Waals surface area contributed by atoms with Gasteiger partial charge in [0.05, 0.1) is 0 Å². The maximum atomic E-state index is 12.6. The van der Waals surface area contributed by atoms with Crippen LogP contribution >= 0.6 is 0 Å². The number of nitrogens with zero attached hydrogens (tertiary/aromatic N) is 2. The van der Waals surface area contributed by atoms with Crippen LogP contribution in [-0.2, 0) is 6.54 Å². The summed E-state index contributed by atoms with van der Waals surface area (Å²) < 4.78 is 40.9. The molecule has 7 heteroatoms. The van der Waals surface area contributed by atoms with Crippen molar-refractivity contribution in [3.8, 4) is 5.75 Å². The van der Waals surface area contributed by atoms with Gasteiger partial charge < -0.3 is 9.64 Å². The van der Waals surface area contributed by atoms with Gasteiger partial charge in [-0.25, -0.2) is 0 Å². The molecule has 0 aromatic heterocycles. The molecule has 162 valence electrons. The number of likely N-dealkylation sites (tertiary alicyclic amines) is 1. The van der Waals surface area contributed by atoms with Gasteiger partial charge in [-0.3, -0.25) is 9.69 Å². The molecule has 0 saturated carbocycles. The summed E-state index contributed by atoms with van der Waals surface area (Å²) in [6, 6.07) is 15.7. The highest BCUT2D eigenvalue weighted by Gasteiger charge is 2.31. The number of benzene rings is 2. The fraction of sp³-hybridized carbons (Fsp3) is 0.435.